The van der Waals surface area contributed by atoms with E-state index >= 15 is 0 Å². The Bertz CT molecular complexity index is 330. The molecule has 80 valence electrons. The normalized spacial score (nSPS) is 12.9. The van der Waals surface area contributed by atoms with Gasteiger partial charge in [-0.05, 0) is 25.3 Å². The number of benzene rings is 1. The first-order valence-electron chi connectivity index (χ1n) is 5.18. The molecule has 2 N–H and O–H groups in total. The number of hydrogen-bond donors (Lipinski definition) is 1. The van der Waals surface area contributed by atoms with Crippen LogP contribution in [0.15, 0.2) is 42.5 Å². The predicted octanol–water partition coefficient (Wildman–Crippen LogP) is 2.30. The van der Waals surface area contributed by atoms with Crippen molar-refractivity contribution in [2.45, 2.75) is 19.8 Å². The number of nitrogens with two attached hydrogens (primary N) is 1. The molecule has 0 aliphatic heterocycles. The minimum Gasteiger partial charge on any atom is -0.369 e. The molecule has 1 rings (SSSR count). The van der Waals surface area contributed by atoms with Crippen LogP contribution in [0.1, 0.15) is 18.9 Å². The Kier molecular flexibility index (Phi) is 4.61. The molecule has 0 radical (unpaired) electrons. The van der Waals surface area contributed by atoms with E-state index in [1.54, 1.807) is 0 Å². The number of rotatable bonds is 5. The summed E-state index contributed by atoms with van der Waals surface area (Å²) in [7, 11) is 0. The number of allylic oxidation sites excluding steroid dienone is 2. The number of amides is 1. The summed E-state index contributed by atoms with van der Waals surface area (Å²) in [6.45, 7) is 1.95. The van der Waals surface area contributed by atoms with Crippen molar-refractivity contribution in [2.75, 3.05) is 0 Å². The summed E-state index contributed by atoms with van der Waals surface area (Å²) in [6, 6.07) is 9.96. The van der Waals surface area contributed by atoms with Crippen LogP contribution in [-0.2, 0) is 11.2 Å². The van der Waals surface area contributed by atoms with Gasteiger partial charge in [0.05, 0.1) is 0 Å². The lowest BCUT2D eigenvalue weighted by Gasteiger charge is -2.10. The van der Waals surface area contributed by atoms with Gasteiger partial charge in [-0.1, -0.05) is 42.5 Å². The van der Waals surface area contributed by atoms with Crippen molar-refractivity contribution in [1.29, 1.82) is 0 Å². The zero-order chi connectivity index (χ0) is 11.1. The van der Waals surface area contributed by atoms with Gasteiger partial charge in [-0.2, -0.15) is 0 Å². The molecule has 0 spiro atoms. The molecule has 0 bridgehead atoms. The molecule has 0 saturated heterocycles. The SMILES string of the molecule is C/C=C/C[C@@H](Cc1ccccc1)C(N)=O. The van der Waals surface area contributed by atoms with Crippen molar-refractivity contribution >= 4 is 5.91 Å². The van der Waals surface area contributed by atoms with E-state index in [4.69, 9.17) is 5.73 Å². The van der Waals surface area contributed by atoms with Crippen LogP contribution < -0.4 is 5.73 Å². The molecule has 2 nitrogen and oxygen atoms in total. The van der Waals surface area contributed by atoms with Crippen LogP contribution in [0.4, 0.5) is 0 Å². The fourth-order valence-corrected chi connectivity index (χ4v) is 1.50. The Morgan fingerprint density at radius 1 is 1.40 bits per heavy atom. The monoisotopic (exact) mass is 203 g/mol. The van der Waals surface area contributed by atoms with Gasteiger partial charge in [0.2, 0.25) is 5.91 Å². The van der Waals surface area contributed by atoms with Crippen LogP contribution in [0.5, 0.6) is 0 Å². The molecule has 0 unspecified atom stereocenters. The molecular weight excluding hydrogens is 186 g/mol. The molecule has 0 saturated carbocycles. The summed E-state index contributed by atoms with van der Waals surface area (Å²) >= 11 is 0. The molecule has 1 aromatic carbocycles. The van der Waals surface area contributed by atoms with Crippen LogP contribution in [0.25, 0.3) is 0 Å². The molecule has 0 aliphatic carbocycles. The number of carbonyl (C=O) groups excluding carboxylic acids is 1. The maximum Gasteiger partial charge on any atom is 0.221 e. The average Bonchev–Trinajstić information content (AvgIpc) is 2.25. The second-order valence-electron chi connectivity index (χ2n) is 3.59. The molecule has 1 aromatic rings. The van der Waals surface area contributed by atoms with Crippen LogP contribution in [0, 0.1) is 5.92 Å². The Hall–Kier alpha value is -1.57. The molecule has 0 aromatic heterocycles. The van der Waals surface area contributed by atoms with Crippen LogP contribution in [-0.4, -0.2) is 5.91 Å². The van der Waals surface area contributed by atoms with Gasteiger partial charge < -0.3 is 5.73 Å². The molecule has 0 fully saturated rings. The van der Waals surface area contributed by atoms with E-state index in [-0.39, 0.29) is 11.8 Å². The first kappa shape index (κ1) is 11.5. The van der Waals surface area contributed by atoms with Gasteiger partial charge in [-0.15, -0.1) is 0 Å². The molecule has 2 heteroatoms. The summed E-state index contributed by atoms with van der Waals surface area (Å²) < 4.78 is 0. The van der Waals surface area contributed by atoms with E-state index < -0.39 is 0 Å². The smallest absolute Gasteiger partial charge is 0.221 e. The summed E-state index contributed by atoms with van der Waals surface area (Å²) in [5, 5.41) is 0. The lowest BCUT2D eigenvalue weighted by Crippen LogP contribution is -2.24. The van der Waals surface area contributed by atoms with E-state index in [0.717, 1.165) is 18.4 Å². The molecule has 0 aliphatic rings. The highest BCUT2D eigenvalue weighted by molar-refractivity contribution is 5.77. The van der Waals surface area contributed by atoms with Gasteiger partial charge in [-0.25, -0.2) is 0 Å². The minimum absolute atomic E-state index is 0.0939. The third-order valence-corrected chi connectivity index (χ3v) is 2.38. The summed E-state index contributed by atoms with van der Waals surface area (Å²) in [6.07, 6.45) is 5.38. The van der Waals surface area contributed by atoms with Gasteiger partial charge in [-0.3, -0.25) is 4.79 Å². The van der Waals surface area contributed by atoms with E-state index in [9.17, 15) is 4.79 Å². The highest BCUT2D eigenvalue weighted by Crippen LogP contribution is 2.12. The lowest BCUT2D eigenvalue weighted by atomic mass is 9.95. The number of hydrogen-bond acceptors (Lipinski definition) is 1. The third-order valence-electron chi connectivity index (χ3n) is 2.38. The van der Waals surface area contributed by atoms with Crippen molar-refractivity contribution in [3.05, 3.63) is 48.0 Å². The second kappa shape index (κ2) is 6.02. The third kappa shape index (κ3) is 3.98. The molecular formula is C13H17NO. The Morgan fingerprint density at radius 2 is 2.07 bits per heavy atom. The van der Waals surface area contributed by atoms with E-state index in [1.807, 2.05) is 49.4 Å². The topological polar surface area (TPSA) is 43.1 Å². The molecule has 0 heterocycles. The Balaban J connectivity index is 2.63. The summed E-state index contributed by atoms with van der Waals surface area (Å²) in [4.78, 5) is 11.2. The maximum atomic E-state index is 11.2. The molecule has 1 amide bonds. The van der Waals surface area contributed by atoms with E-state index in [1.165, 1.54) is 0 Å². The summed E-state index contributed by atoms with van der Waals surface area (Å²) in [5.41, 5.74) is 6.51. The maximum absolute atomic E-state index is 11.2. The first-order valence-corrected chi connectivity index (χ1v) is 5.18. The minimum atomic E-state index is -0.225. The highest BCUT2D eigenvalue weighted by Gasteiger charge is 2.13. The van der Waals surface area contributed by atoms with Crippen LogP contribution in [0.3, 0.4) is 0 Å². The van der Waals surface area contributed by atoms with Crippen molar-refractivity contribution in [2.24, 2.45) is 11.7 Å². The lowest BCUT2D eigenvalue weighted by molar-refractivity contribution is -0.121. The first-order chi connectivity index (χ1) is 7.24. The molecule has 15 heavy (non-hydrogen) atoms. The van der Waals surface area contributed by atoms with Gasteiger partial charge in [0.15, 0.2) is 0 Å². The van der Waals surface area contributed by atoms with Crippen molar-refractivity contribution in [1.82, 2.24) is 0 Å². The number of carbonyl (C=O) groups is 1. The fraction of sp³-hybridized carbons (Fsp3) is 0.308. The van der Waals surface area contributed by atoms with Gasteiger partial charge in [0, 0.05) is 5.92 Å². The van der Waals surface area contributed by atoms with Crippen LogP contribution >= 0.6 is 0 Å². The predicted molar refractivity (Wildman–Crippen MR) is 62.3 cm³/mol. The van der Waals surface area contributed by atoms with Gasteiger partial charge in [0.25, 0.3) is 0 Å². The Morgan fingerprint density at radius 3 is 2.60 bits per heavy atom. The number of primary amides is 1. The van der Waals surface area contributed by atoms with Crippen molar-refractivity contribution in [3.63, 3.8) is 0 Å². The zero-order valence-corrected chi connectivity index (χ0v) is 9.02. The van der Waals surface area contributed by atoms with Crippen LogP contribution in [0.2, 0.25) is 0 Å². The zero-order valence-electron chi connectivity index (χ0n) is 9.02. The highest BCUT2D eigenvalue weighted by atomic mass is 16.1. The Labute approximate surface area is 90.8 Å². The van der Waals surface area contributed by atoms with Crippen molar-refractivity contribution < 1.29 is 4.79 Å². The fourth-order valence-electron chi connectivity index (χ4n) is 1.50. The van der Waals surface area contributed by atoms with E-state index in [0.29, 0.717) is 0 Å². The molecule has 1 atom stereocenters. The van der Waals surface area contributed by atoms with E-state index in [2.05, 4.69) is 0 Å². The van der Waals surface area contributed by atoms with Gasteiger partial charge in [0.1, 0.15) is 0 Å². The van der Waals surface area contributed by atoms with Crippen molar-refractivity contribution in [3.8, 4) is 0 Å². The quantitative estimate of drug-likeness (QED) is 0.733. The van der Waals surface area contributed by atoms with Gasteiger partial charge >= 0.3 is 0 Å². The summed E-state index contributed by atoms with van der Waals surface area (Å²) in [5.74, 6) is -0.319. The standard InChI is InChI=1S/C13H17NO/c1-2-3-9-12(13(14)15)10-11-7-5-4-6-8-11/h2-8,12H,9-10H2,1H3,(H2,14,15)/b3-2+/t12-/m0/s1. The second-order valence-corrected chi connectivity index (χ2v) is 3.59. The average molecular weight is 203 g/mol. The largest absolute Gasteiger partial charge is 0.369 e.